The molecule has 1 amide bonds. The maximum Gasteiger partial charge on any atom is 0.411 e. The number of ether oxygens (including phenoxy) is 2. The first-order valence-corrected chi connectivity index (χ1v) is 5.89. The van der Waals surface area contributed by atoms with Gasteiger partial charge in [-0.25, -0.2) is 0 Å². The number of halogens is 4. The van der Waals surface area contributed by atoms with Crippen molar-refractivity contribution in [1.82, 2.24) is 0 Å². The number of benzene rings is 1. The predicted octanol–water partition coefficient (Wildman–Crippen LogP) is 2.98. The first-order chi connectivity index (χ1) is 8.81. The van der Waals surface area contributed by atoms with Gasteiger partial charge in [-0.15, -0.1) is 0 Å². The minimum Gasteiger partial charge on any atom is -0.495 e. The second-order valence-electron chi connectivity index (χ2n) is 3.50. The summed E-state index contributed by atoms with van der Waals surface area (Å²) in [5.74, 6) is -0.298. The number of carbonyl (C=O) groups excluding carboxylic acids is 1. The highest BCUT2D eigenvalue weighted by Crippen LogP contribution is 2.27. The number of rotatable bonds is 5. The van der Waals surface area contributed by atoms with Crippen LogP contribution in [0.25, 0.3) is 0 Å². The second-order valence-corrected chi connectivity index (χ2v) is 4.42. The summed E-state index contributed by atoms with van der Waals surface area (Å²) < 4.78 is 45.4. The Kier molecular flexibility index (Phi) is 5.61. The number of anilines is 1. The molecule has 0 unspecified atom stereocenters. The Morgan fingerprint density at radius 3 is 2.68 bits per heavy atom. The highest BCUT2D eigenvalue weighted by atomic mass is 79.9. The van der Waals surface area contributed by atoms with E-state index in [1.165, 1.54) is 7.11 Å². The monoisotopic (exact) mass is 341 g/mol. The Morgan fingerprint density at radius 1 is 1.42 bits per heavy atom. The third-order valence-corrected chi connectivity index (χ3v) is 2.43. The number of nitrogens with one attached hydrogen (secondary N) is 1. The van der Waals surface area contributed by atoms with E-state index in [4.69, 9.17) is 4.74 Å². The van der Waals surface area contributed by atoms with Crippen LogP contribution in [-0.4, -0.2) is 32.4 Å². The van der Waals surface area contributed by atoms with Crippen LogP contribution in [0, 0.1) is 0 Å². The number of carbonyl (C=O) groups is 1. The van der Waals surface area contributed by atoms with Crippen molar-refractivity contribution in [2.24, 2.45) is 0 Å². The lowest BCUT2D eigenvalue weighted by Crippen LogP contribution is -2.24. The lowest BCUT2D eigenvalue weighted by atomic mass is 10.3. The van der Waals surface area contributed by atoms with E-state index in [0.29, 0.717) is 15.9 Å². The van der Waals surface area contributed by atoms with E-state index in [1.807, 2.05) is 0 Å². The molecule has 0 aliphatic rings. The molecule has 1 N–H and O–H groups in total. The smallest absolute Gasteiger partial charge is 0.411 e. The van der Waals surface area contributed by atoms with Crippen molar-refractivity contribution in [2.75, 3.05) is 25.6 Å². The average molecular weight is 342 g/mol. The molecular weight excluding hydrogens is 331 g/mol. The van der Waals surface area contributed by atoms with Gasteiger partial charge in [0.2, 0.25) is 5.91 Å². The van der Waals surface area contributed by atoms with Gasteiger partial charge < -0.3 is 14.8 Å². The molecule has 1 rings (SSSR count). The van der Waals surface area contributed by atoms with Gasteiger partial charge in [0.25, 0.3) is 0 Å². The molecule has 0 saturated heterocycles. The molecular formula is C11H11BrF3NO3. The lowest BCUT2D eigenvalue weighted by molar-refractivity contribution is -0.174. The first-order valence-electron chi connectivity index (χ1n) is 5.09. The number of hydrogen-bond donors (Lipinski definition) is 1. The van der Waals surface area contributed by atoms with Crippen molar-refractivity contribution < 1.29 is 27.4 Å². The van der Waals surface area contributed by atoms with E-state index >= 15 is 0 Å². The molecule has 0 spiro atoms. The van der Waals surface area contributed by atoms with Gasteiger partial charge in [-0.2, -0.15) is 13.2 Å². The molecule has 0 fully saturated rings. The molecule has 0 aliphatic carbocycles. The van der Waals surface area contributed by atoms with Crippen LogP contribution in [-0.2, 0) is 9.53 Å². The fourth-order valence-electron chi connectivity index (χ4n) is 1.22. The van der Waals surface area contributed by atoms with E-state index in [1.54, 1.807) is 18.2 Å². The van der Waals surface area contributed by atoms with E-state index < -0.39 is 25.3 Å². The summed E-state index contributed by atoms with van der Waals surface area (Å²) in [6.07, 6.45) is -4.45. The van der Waals surface area contributed by atoms with E-state index in [0.717, 1.165) is 0 Å². The van der Waals surface area contributed by atoms with Gasteiger partial charge in [-0.05, 0) is 18.2 Å². The van der Waals surface area contributed by atoms with E-state index in [-0.39, 0.29) is 0 Å². The van der Waals surface area contributed by atoms with E-state index in [2.05, 4.69) is 26.0 Å². The maximum absolute atomic E-state index is 11.8. The standard InChI is InChI=1S/C11H11BrF3NO3/c1-18-9-3-2-7(12)4-8(9)16-10(17)5-19-6-11(13,14)15/h2-4H,5-6H2,1H3,(H,16,17). The summed E-state index contributed by atoms with van der Waals surface area (Å²) in [6, 6.07) is 4.88. The highest BCUT2D eigenvalue weighted by molar-refractivity contribution is 9.10. The van der Waals surface area contributed by atoms with Crippen LogP contribution in [0.4, 0.5) is 18.9 Å². The summed E-state index contributed by atoms with van der Waals surface area (Å²) in [4.78, 5) is 11.4. The van der Waals surface area contributed by atoms with Gasteiger partial charge in [0.1, 0.15) is 19.0 Å². The summed E-state index contributed by atoms with van der Waals surface area (Å²) in [5.41, 5.74) is 0.345. The van der Waals surface area contributed by atoms with Crippen molar-refractivity contribution in [1.29, 1.82) is 0 Å². The average Bonchev–Trinajstić information content (AvgIpc) is 2.27. The molecule has 0 aromatic heterocycles. The van der Waals surface area contributed by atoms with Gasteiger partial charge in [0, 0.05) is 4.47 Å². The van der Waals surface area contributed by atoms with Crippen molar-refractivity contribution in [3.8, 4) is 5.75 Å². The molecule has 19 heavy (non-hydrogen) atoms. The summed E-state index contributed by atoms with van der Waals surface area (Å²) in [7, 11) is 1.42. The number of methoxy groups -OCH3 is 1. The van der Waals surface area contributed by atoms with Crippen LogP contribution in [0.1, 0.15) is 0 Å². The molecule has 0 heterocycles. The first kappa shape index (κ1) is 15.8. The van der Waals surface area contributed by atoms with Crippen molar-refractivity contribution in [2.45, 2.75) is 6.18 Å². The Bertz CT molecular complexity index is 451. The number of alkyl halides is 3. The van der Waals surface area contributed by atoms with Gasteiger partial charge in [-0.1, -0.05) is 15.9 Å². The van der Waals surface area contributed by atoms with Gasteiger partial charge in [-0.3, -0.25) is 4.79 Å². The molecule has 0 atom stereocenters. The van der Waals surface area contributed by atoms with Gasteiger partial charge in [0.05, 0.1) is 12.8 Å². The van der Waals surface area contributed by atoms with Crippen LogP contribution >= 0.6 is 15.9 Å². The molecule has 0 aliphatic heterocycles. The Morgan fingerprint density at radius 2 is 2.11 bits per heavy atom. The zero-order valence-corrected chi connectivity index (χ0v) is 11.5. The maximum atomic E-state index is 11.8. The van der Waals surface area contributed by atoms with Crippen LogP contribution in [0.15, 0.2) is 22.7 Å². The summed E-state index contributed by atoms with van der Waals surface area (Å²) in [5, 5.41) is 2.40. The molecule has 1 aromatic carbocycles. The van der Waals surface area contributed by atoms with Gasteiger partial charge >= 0.3 is 6.18 Å². The summed E-state index contributed by atoms with van der Waals surface area (Å²) >= 11 is 3.21. The zero-order valence-electron chi connectivity index (χ0n) is 9.88. The Hall–Kier alpha value is -1.28. The quantitative estimate of drug-likeness (QED) is 0.895. The normalized spacial score (nSPS) is 11.2. The minimum atomic E-state index is -4.45. The molecule has 4 nitrogen and oxygen atoms in total. The van der Waals surface area contributed by atoms with Crippen molar-refractivity contribution >= 4 is 27.5 Å². The Labute approximate surface area is 116 Å². The largest absolute Gasteiger partial charge is 0.495 e. The summed E-state index contributed by atoms with van der Waals surface area (Å²) in [6.45, 7) is -2.15. The predicted molar refractivity (Wildman–Crippen MR) is 66.2 cm³/mol. The third kappa shape index (κ3) is 5.93. The SMILES string of the molecule is COc1ccc(Br)cc1NC(=O)COCC(F)(F)F. The third-order valence-electron chi connectivity index (χ3n) is 1.93. The van der Waals surface area contributed by atoms with E-state index in [9.17, 15) is 18.0 Å². The fourth-order valence-corrected chi connectivity index (χ4v) is 1.58. The van der Waals surface area contributed by atoms with Crippen LogP contribution < -0.4 is 10.1 Å². The highest BCUT2D eigenvalue weighted by Gasteiger charge is 2.27. The number of amides is 1. The zero-order chi connectivity index (χ0) is 14.5. The molecule has 1 aromatic rings. The van der Waals surface area contributed by atoms with Crippen LogP contribution in [0.2, 0.25) is 0 Å². The second kappa shape index (κ2) is 6.76. The molecule has 106 valence electrons. The van der Waals surface area contributed by atoms with Crippen LogP contribution in [0.5, 0.6) is 5.75 Å². The van der Waals surface area contributed by atoms with Gasteiger partial charge in [0.15, 0.2) is 0 Å². The van der Waals surface area contributed by atoms with Crippen molar-refractivity contribution in [3.63, 3.8) is 0 Å². The molecule has 0 bridgehead atoms. The lowest BCUT2D eigenvalue weighted by Gasteiger charge is -2.11. The van der Waals surface area contributed by atoms with Crippen LogP contribution in [0.3, 0.4) is 0 Å². The van der Waals surface area contributed by atoms with Crippen molar-refractivity contribution in [3.05, 3.63) is 22.7 Å². The Balaban J connectivity index is 2.55. The molecule has 8 heteroatoms. The number of hydrogen-bond acceptors (Lipinski definition) is 3. The molecule has 0 radical (unpaired) electrons. The topological polar surface area (TPSA) is 47.6 Å². The minimum absolute atomic E-state index is 0.345. The molecule has 0 saturated carbocycles. The fraction of sp³-hybridized carbons (Fsp3) is 0.364.